The van der Waals surface area contributed by atoms with Crippen LogP contribution in [-0.4, -0.2) is 36.5 Å². The average molecular weight is 370 g/mol. The van der Waals surface area contributed by atoms with Crippen molar-refractivity contribution in [3.8, 4) is 5.75 Å². The van der Waals surface area contributed by atoms with Gasteiger partial charge in [0.15, 0.2) is 6.61 Å². The number of ether oxygens (including phenoxy) is 1. The zero-order valence-electron chi connectivity index (χ0n) is 14.7. The summed E-state index contributed by atoms with van der Waals surface area (Å²) >= 11 is 6.03. The Hall–Kier alpha value is -2.79. The Morgan fingerprint density at radius 3 is 2.85 bits per heavy atom. The number of halogens is 1. The van der Waals surface area contributed by atoms with E-state index in [1.807, 2.05) is 48.5 Å². The molecule has 2 aromatic carbocycles. The maximum atomic E-state index is 11.6. The second-order valence-electron chi connectivity index (χ2n) is 6.10. The highest BCUT2D eigenvalue weighted by Crippen LogP contribution is 2.25. The van der Waals surface area contributed by atoms with E-state index in [1.54, 1.807) is 20.3 Å². The molecule has 3 rings (SSSR count). The number of hydrogen-bond donors (Lipinski definition) is 1. The number of nitrogens with zero attached hydrogens (tertiary/aromatic N) is 2. The molecule has 0 spiro atoms. The Morgan fingerprint density at radius 1 is 1.19 bits per heavy atom. The Balaban J connectivity index is 1.69. The first-order valence-corrected chi connectivity index (χ1v) is 8.61. The minimum absolute atomic E-state index is 0.0274. The van der Waals surface area contributed by atoms with E-state index in [9.17, 15) is 4.79 Å². The lowest BCUT2D eigenvalue weighted by atomic mass is 10.1. The molecule has 0 aliphatic carbocycles. The number of benzene rings is 2. The highest BCUT2D eigenvalue weighted by molar-refractivity contribution is 6.31. The van der Waals surface area contributed by atoms with Crippen LogP contribution in [0.3, 0.4) is 0 Å². The first-order valence-electron chi connectivity index (χ1n) is 8.23. The lowest BCUT2D eigenvalue weighted by molar-refractivity contribution is -0.130. The van der Waals surface area contributed by atoms with Gasteiger partial charge in [0, 0.05) is 42.9 Å². The molecule has 0 bridgehead atoms. The molecular weight excluding hydrogens is 350 g/mol. The number of pyridine rings is 1. The third-order valence-electron chi connectivity index (χ3n) is 3.95. The van der Waals surface area contributed by atoms with Crippen LogP contribution < -0.4 is 10.1 Å². The van der Waals surface area contributed by atoms with E-state index in [-0.39, 0.29) is 12.5 Å². The van der Waals surface area contributed by atoms with Crippen LogP contribution in [-0.2, 0) is 11.3 Å². The summed E-state index contributed by atoms with van der Waals surface area (Å²) in [5.74, 6) is 0.598. The summed E-state index contributed by atoms with van der Waals surface area (Å²) in [5.41, 5.74) is 2.89. The third kappa shape index (κ3) is 4.43. The Morgan fingerprint density at radius 2 is 2.04 bits per heavy atom. The van der Waals surface area contributed by atoms with Crippen molar-refractivity contribution < 1.29 is 9.53 Å². The van der Waals surface area contributed by atoms with Crippen molar-refractivity contribution in [2.75, 3.05) is 26.0 Å². The number of hydrogen-bond acceptors (Lipinski definition) is 4. The molecule has 0 saturated carbocycles. The number of rotatable bonds is 6. The summed E-state index contributed by atoms with van der Waals surface area (Å²) in [6.45, 7) is 0.653. The van der Waals surface area contributed by atoms with E-state index in [0.29, 0.717) is 17.3 Å². The molecule has 1 N–H and O–H groups in total. The molecule has 0 aliphatic heterocycles. The predicted molar refractivity (Wildman–Crippen MR) is 105 cm³/mol. The number of carbonyl (C=O) groups is 1. The van der Waals surface area contributed by atoms with Crippen LogP contribution in [0.4, 0.5) is 5.69 Å². The highest BCUT2D eigenvalue weighted by atomic mass is 35.5. The van der Waals surface area contributed by atoms with Crippen molar-refractivity contribution in [2.24, 2.45) is 0 Å². The summed E-state index contributed by atoms with van der Waals surface area (Å²) in [6.07, 6.45) is 1.76. The molecular formula is C20H20ClN3O2. The Bertz CT molecular complexity index is 928. The molecule has 0 fully saturated rings. The maximum Gasteiger partial charge on any atom is 0.259 e. The normalized spacial score (nSPS) is 10.6. The van der Waals surface area contributed by atoms with E-state index in [4.69, 9.17) is 16.3 Å². The summed E-state index contributed by atoms with van der Waals surface area (Å²) in [4.78, 5) is 17.5. The smallest absolute Gasteiger partial charge is 0.259 e. The minimum Gasteiger partial charge on any atom is -0.484 e. The third-order valence-corrected chi connectivity index (χ3v) is 4.18. The molecule has 3 aromatic rings. The van der Waals surface area contributed by atoms with Gasteiger partial charge in [0.1, 0.15) is 5.75 Å². The predicted octanol–water partition coefficient (Wildman–Crippen LogP) is 3.97. The van der Waals surface area contributed by atoms with Gasteiger partial charge < -0.3 is 15.0 Å². The summed E-state index contributed by atoms with van der Waals surface area (Å²) in [5, 5.41) is 5.10. The number of fused-ring (bicyclic) bond motifs is 1. The SMILES string of the molecule is CN(C)C(=O)COc1cccc(CNc2ccnc3cc(Cl)ccc23)c1. The second kappa shape index (κ2) is 8.06. The molecule has 6 heteroatoms. The van der Waals surface area contributed by atoms with Gasteiger partial charge in [0.2, 0.25) is 0 Å². The van der Waals surface area contributed by atoms with Crippen LogP contribution in [0.2, 0.25) is 5.02 Å². The van der Waals surface area contributed by atoms with Gasteiger partial charge in [-0.25, -0.2) is 0 Å². The lowest BCUT2D eigenvalue weighted by Gasteiger charge is -2.13. The van der Waals surface area contributed by atoms with Gasteiger partial charge >= 0.3 is 0 Å². The van der Waals surface area contributed by atoms with Crippen molar-refractivity contribution in [3.05, 3.63) is 65.3 Å². The largest absolute Gasteiger partial charge is 0.484 e. The molecule has 0 atom stereocenters. The molecule has 0 radical (unpaired) electrons. The fraction of sp³-hybridized carbons (Fsp3) is 0.200. The van der Waals surface area contributed by atoms with E-state index >= 15 is 0 Å². The highest BCUT2D eigenvalue weighted by Gasteiger charge is 2.06. The van der Waals surface area contributed by atoms with E-state index in [2.05, 4.69) is 10.3 Å². The Kier molecular flexibility index (Phi) is 5.58. The molecule has 134 valence electrons. The number of likely N-dealkylation sites (N-methyl/N-ethyl adjacent to an activating group) is 1. The Labute approximate surface area is 157 Å². The number of amides is 1. The van der Waals surface area contributed by atoms with Crippen LogP contribution in [0, 0.1) is 0 Å². The fourth-order valence-electron chi connectivity index (χ4n) is 2.49. The average Bonchev–Trinajstić information content (AvgIpc) is 2.64. The summed E-state index contributed by atoms with van der Waals surface area (Å²) in [6, 6.07) is 15.3. The molecule has 0 saturated heterocycles. The van der Waals surface area contributed by atoms with Gasteiger partial charge in [-0.1, -0.05) is 23.7 Å². The van der Waals surface area contributed by atoms with Crippen molar-refractivity contribution in [3.63, 3.8) is 0 Å². The topological polar surface area (TPSA) is 54.5 Å². The molecule has 1 amide bonds. The van der Waals surface area contributed by atoms with Crippen LogP contribution in [0.5, 0.6) is 5.75 Å². The van der Waals surface area contributed by atoms with Crippen LogP contribution >= 0.6 is 11.6 Å². The molecule has 1 heterocycles. The van der Waals surface area contributed by atoms with Crippen molar-refractivity contribution >= 4 is 34.1 Å². The first-order chi connectivity index (χ1) is 12.5. The quantitative estimate of drug-likeness (QED) is 0.714. The number of nitrogens with one attached hydrogen (secondary N) is 1. The van der Waals surface area contributed by atoms with Crippen LogP contribution in [0.1, 0.15) is 5.56 Å². The van der Waals surface area contributed by atoms with Crippen molar-refractivity contribution in [1.82, 2.24) is 9.88 Å². The minimum atomic E-state index is -0.0737. The second-order valence-corrected chi connectivity index (χ2v) is 6.53. The lowest BCUT2D eigenvalue weighted by Crippen LogP contribution is -2.27. The zero-order chi connectivity index (χ0) is 18.5. The molecule has 1 aromatic heterocycles. The maximum absolute atomic E-state index is 11.6. The van der Waals surface area contributed by atoms with Crippen molar-refractivity contribution in [1.29, 1.82) is 0 Å². The van der Waals surface area contributed by atoms with Gasteiger partial charge in [0.05, 0.1) is 5.52 Å². The molecule has 26 heavy (non-hydrogen) atoms. The molecule has 0 unspecified atom stereocenters. The zero-order valence-corrected chi connectivity index (χ0v) is 15.5. The van der Waals surface area contributed by atoms with Gasteiger partial charge in [-0.15, -0.1) is 0 Å². The first kappa shape index (κ1) is 18.0. The monoisotopic (exact) mass is 369 g/mol. The van der Waals surface area contributed by atoms with Gasteiger partial charge in [-0.05, 0) is 42.0 Å². The van der Waals surface area contributed by atoms with E-state index < -0.39 is 0 Å². The van der Waals surface area contributed by atoms with E-state index in [0.717, 1.165) is 22.2 Å². The summed E-state index contributed by atoms with van der Waals surface area (Å²) in [7, 11) is 3.41. The number of aromatic nitrogens is 1. The number of anilines is 1. The number of carbonyl (C=O) groups excluding carboxylic acids is 1. The van der Waals surface area contributed by atoms with E-state index in [1.165, 1.54) is 4.90 Å². The molecule has 0 aliphatic rings. The van der Waals surface area contributed by atoms with Crippen LogP contribution in [0.15, 0.2) is 54.7 Å². The van der Waals surface area contributed by atoms with Gasteiger partial charge in [-0.3, -0.25) is 9.78 Å². The van der Waals surface area contributed by atoms with Crippen LogP contribution in [0.25, 0.3) is 10.9 Å². The van der Waals surface area contributed by atoms with Gasteiger partial charge in [-0.2, -0.15) is 0 Å². The molecule has 5 nitrogen and oxygen atoms in total. The van der Waals surface area contributed by atoms with Gasteiger partial charge in [0.25, 0.3) is 5.91 Å². The van der Waals surface area contributed by atoms with Crippen molar-refractivity contribution in [2.45, 2.75) is 6.54 Å². The summed E-state index contributed by atoms with van der Waals surface area (Å²) < 4.78 is 5.56. The standard InChI is InChI=1S/C20H20ClN3O2/c1-24(2)20(25)13-26-16-5-3-4-14(10-16)12-23-18-8-9-22-19-11-15(21)6-7-17(18)19/h3-11H,12-13H2,1-2H3,(H,22,23). The fourth-order valence-corrected chi connectivity index (χ4v) is 2.66.